The fourth-order valence-electron chi connectivity index (χ4n) is 1.78. The van der Waals surface area contributed by atoms with Crippen LogP contribution in [0.2, 0.25) is 0 Å². The minimum Gasteiger partial charge on any atom is -0.493 e. The van der Waals surface area contributed by atoms with Crippen LogP contribution in [0.1, 0.15) is 10.4 Å². The molecule has 0 aliphatic rings. The second-order valence-corrected chi connectivity index (χ2v) is 6.11. The number of halogens is 1. The van der Waals surface area contributed by atoms with Crippen molar-refractivity contribution in [3.63, 3.8) is 0 Å². The Morgan fingerprint density at radius 1 is 1.22 bits per heavy atom. The molecule has 23 heavy (non-hydrogen) atoms. The summed E-state index contributed by atoms with van der Waals surface area (Å²) < 4.78 is 16.2. The fraction of sp³-hybridized carbons (Fsp3) is 0.429. The van der Waals surface area contributed by atoms with Crippen LogP contribution in [0.3, 0.4) is 0 Å². The average Bonchev–Trinajstić information content (AvgIpc) is 2.53. The van der Waals surface area contributed by atoms with Crippen molar-refractivity contribution in [2.75, 3.05) is 39.4 Å². The van der Waals surface area contributed by atoms with Crippen molar-refractivity contribution in [1.82, 2.24) is 5.32 Å². The van der Waals surface area contributed by atoms with Crippen LogP contribution < -0.4 is 19.5 Å². The molecular weight excluding hydrogens is 390 g/mol. The summed E-state index contributed by atoms with van der Waals surface area (Å²) in [5.74, 6) is 0.412. The molecule has 0 radical (unpaired) electrons. The highest BCUT2D eigenvalue weighted by Crippen LogP contribution is 2.44. The fourth-order valence-corrected chi connectivity index (χ4v) is 2.98. The van der Waals surface area contributed by atoms with Crippen molar-refractivity contribution in [2.45, 2.75) is 0 Å². The second-order valence-electron chi connectivity index (χ2n) is 4.21. The van der Waals surface area contributed by atoms with E-state index in [1.807, 2.05) is 0 Å². The first kappa shape index (κ1) is 19.4. The zero-order valence-corrected chi connectivity index (χ0v) is 15.4. The number of amides is 1. The summed E-state index contributed by atoms with van der Waals surface area (Å²) in [6, 6.07) is 1.55. The van der Waals surface area contributed by atoms with Crippen LogP contribution in [-0.4, -0.2) is 56.4 Å². The van der Waals surface area contributed by atoms with Gasteiger partial charge in [-0.3, -0.25) is 9.59 Å². The molecule has 0 saturated heterocycles. The van der Waals surface area contributed by atoms with Crippen LogP contribution in [0.4, 0.5) is 0 Å². The van der Waals surface area contributed by atoms with Gasteiger partial charge >= 0.3 is 5.97 Å². The third kappa shape index (κ3) is 5.21. The van der Waals surface area contributed by atoms with Crippen molar-refractivity contribution in [3.05, 3.63) is 16.1 Å². The van der Waals surface area contributed by atoms with E-state index in [1.165, 1.54) is 33.1 Å². The van der Waals surface area contributed by atoms with E-state index in [9.17, 15) is 9.59 Å². The van der Waals surface area contributed by atoms with Crippen molar-refractivity contribution >= 4 is 39.6 Å². The number of methoxy groups -OCH3 is 3. The molecule has 1 aromatic carbocycles. The van der Waals surface area contributed by atoms with Gasteiger partial charge in [-0.2, -0.15) is 0 Å². The van der Waals surface area contributed by atoms with E-state index in [-0.39, 0.29) is 11.7 Å². The minimum absolute atomic E-state index is 0.00372. The Kier molecular flexibility index (Phi) is 8.04. The van der Waals surface area contributed by atoms with Crippen molar-refractivity contribution < 1.29 is 28.9 Å². The highest BCUT2D eigenvalue weighted by molar-refractivity contribution is 9.10. The molecule has 128 valence electrons. The maximum absolute atomic E-state index is 12.3. The predicted molar refractivity (Wildman–Crippen MR) is 91.1 cm³/mol. The standard InChI is InChI=1S/C14H18BrNO6S/c1-20-9-6-8(11(15)13(22-3)12(9)21-2)14(19)16-4-5-23-7-10(17)18/h6H,4-5,7H2,1-3H3,(H,16,19)(H,17,18). The van der Waals surface area contributed by atoms with Crippen LogP contribution in [0.25, 0.3) is 0 Å². The van der Waals surface area contributed by atoms with Gasteiger partial charge in [0.1, 0.15) is 0 Å². The lowest BCUT2D eigenvalue weighted by atomic mass is 10.1. The normalized spacial score (nSPS) is 10.1. The number of hydrogen-bond donors (Lipinski definition) is 2. The average molecular weight is 408 g/mol. The van der Waals surface area contributed by atoms with Gasteiger partial charge in [-0.15, -0.1) is 11.8 Å². The monoisotopic (exact) mass is 407 g/mol. The molecule has 7 nitrogen and oxygen atoms in total. The Morgan fingerprint density at radius 3 is 2.39 bits per heavy atom. The molecule has 0 unspecified atom stereocenters. The Morgan fingerprint density at radius 2 is 1.87 bits per heavy atom. The van der Waals surface area contributed by atoms with Crippen LogP contribution >= 0.6 is 27.7 Å². The predicted octanol–water partition coefficient (Wildman–Crippen LogP) is 2.02. The van der Waals surface area contributed by atoms with E-state index in [2.05, 4.69) is 21.2 Å². The number of carboxylic acids is 1. The summed E-state index contributed by atoms with van der Waals surface area (Å²) >= 11 is 4.56. The molecule has 0 aromatic heterocycles. The van der Waals surface area contributed by atoms with E-state index in [1.54, 1.807) is 6.07 Å². The number of carbonyl (C=O) groups is 2. The number of ether oxygens (including phenoxy) is 3. The zero-order valence-electron chi connectivity index (χ0n) is 13.0. The van der Waals surface area contributed by atoms with Gasteiger partial charge in [0.05, 0.1) is 37.1 Å². The van der Waals surface area contributed by atoms with E-state index in [0.29, 0.717) is 39.6 Å². The summed E-state index contributed by atoms with van der Waals surface area (Å²) in [5, 5.41) is 11.3. The third-order valence-corrected chi connectivity index (χ3v) is 4.50. The molecule has 0 spiro atoms. The molecule has 1 aromatic rings. The number of thioether (sulfide) groups is 1. The second kappa shape index (κ2) is 9.51. The maximum atomic E-state index is 12.3. The van der Waals surface area contributed by atoms with E-state index in [4.69, 9.17) is 19.3 Å². The topological polar surface area (TPSA) is 94.1 Å². The number of benzene rings is 1. The number of aliphatic carboxylic acids is 1. The molecular formula is C14H18BrNO6S. The zero-order chi connectivity index (χ0) is 17.4. The molecule has 1 rings (SSSR count). The SMILES string of the molecule is COc1cc(C(=O)NCCSCC(=O)O)c(Br)c(OC)c1OC. The maximum Gasteiger partial charge on any atom is 0.313 e. The van der Waals surface area contributed by atoms with Gasteiger partial charge in [-0.1, -0.05) is 0 Å². The van der Waals surface area contributed by atoms with Crippen LogP contribution in [0.15, 0.2) is 10.5 Å². The first-order valence-corrected chi connectivity index (χ1v) is 8.47. The van der Waals surface area contributed by atoms with E-state index < -0.39 is 5.97 Å². The summed E-state index contributed by atoms with van der Waals surface area (Å²) in [5.41, 5.74) is 0.336. The van der Waals surface area contributed by atoms with E-state index >= 15 is 0 Å². The van der Waals surface area contributed by atoms with Gasteiger partial charge in [0.2, 0.25) is 5.75 Å². The van der Waals surface area contributed by atoms with Crippen molar-refractivity contribution in [2.24, 2.45) is 0 Å². The lowest BCUT2D eigenvalue weighted by molar-refractivity contribution is -0.133. The number of rotatable bonds is 9. The molecule has 0 saturated carbocycles. The Bertz CT molecular complexity index is 581. The number of carbonyl (C=O) groups excluding carboxylic acids is 1. The first-order chi connectivity index (χ1) is 11.0. The molecule has 9 heteroatoms. The summed E-state index contributed by atoms with van der Waals surface area (Å²) in [4.78, 5) is 22.7. The molecule has 0 atom stereocenters. The largest absolute Gasteiger partial charge is 0.493 e. The van der Waals surface area contributed by atoms with Gasteiger partial charge in [0, 0.05) is 12.3 Å². The Balaban J connectivity index is 2.86. The van der Waals surface area contributed by atoms with Crippen LogP contribution in [0.5, 0.6) is 17.2 Å². The molecule has 2 N–H and O–H groups in total. The summed E-state index contributed by atoms with van der Waals surface area (Å²) in [6.45, 7) is 0.347. The highest BCUT2D eigenvalue weighted by atomic mass is 79.9. The van der Waals surface area contributed by atoms with Crippen LogP contribution in [-0.2, 0) is 4.79 Å². The van der Waals surface area contributed by atoms with Crippen molar-refractivity contribution in [1.29, 1.82) is 0 Å². The Labute approximate surface area is 146 Å². The van der Waals surface area contributed by atoms with E-state index in [0.717, 1.165) is 0 Å². The molecule has 0 aliphatic carbocycles. The minimum atomic E-state index is -0.881. The number of hydrogen-bond acceptors (Lipinski definition) is 6. The highest BCUT2D eigenvalue weighted by Gasteiger charge is 2.22. The smallest absolute Gasteiger partial charge is 0.313 e. The molecule has 0 bridgehead atoms. The third-order valence-electron chi connectivity index (χ3n) is 2.77. The number of carboxylic acid groups (broad SMARTS) is 1. The molecule has 0 fully saturated rings. The van der Waals surface area contributed by atoms with Gasteiger partial charge in [0.15, 0.2) is 11.5 Å². The van der Waals surface area contributed by atoms with Gasteiger partial charge in [-0.05, 0) is 22.0 Å². The van der Waals surface area contributed by atoms with Gasteiger partial charge in [0.25, 0.3) is 5.91 Å². The van der Waals surface area contributed by atoms with Crippen LogP contribution in [0, 0.1) is 0 Å². The molecule has 0 aliphatic heterocycles. The lowest BCUT2D eigenvalue weighted by Gasteiger charge is -2.16. The quantitative estimate of drug-likeness (QED) is 0.604. The van der Waals surface area contributed by atoms with Gasteiger partial charge < -0.3 is 24.6 Å². The van der Waals surface area contributed by atoms with Gasteiger partial charge in [-0.25, -0.2) is 0 Å². The first-order valence-electron chi connectivity index (χ1n) is 6.52. The lowest BCUT2D eigenvalue weighted by Crippen LogP contribution is -2.26. The summed E-state index contributed by atoms with van der Waals surface area (Å²) in [7, 11) is 4.41. The Hall–Kier alpha value is -1.61. The summed E-state index contributed by atoms with van der Waals surface area (Å²) in [6.07, 6.45) is 0. The number of nitrogens with one attached hydrogen (secondary N) is 1. The molecule has 0 heterocycles. The van der Waals surface area contributed by atoms with Crippen molar-refractivity contribution in [3.8, 4) is 17.2 Å². The molecule has 1 amide bonds.